The van der Waals surface area contributed by atoms with E-state index in [9.17, 15) is 9.90 Å². The van der Waals surface area contributed by atoms with Gasteiger partial charge in [0.05, 0.1) is 4.47 Å². The summed E-state index contributed by atoms with van der Waals surface area (Å²) in [5.41, 5.74) is 0.397. The van der Waals surface area contributed by atoms with Crippen molar-refractivity contribution in [3.05, 3.63) is 28.2 Å². The third-order valence-electron chi connectivity index (χ3n) is 2.99. The highest BCUT2D eigenvalue weighted by atomic mass is 79.9. The molecule has 0 spiro atoms. The molecule has 1 saturated heterocycles. The number of amides is 1. The molecule has 0 aliphatic carbocycles. The van der Waals surface area contributed by atoms with Gasteiger partial charge in [0.1, 0.15) is 11.4 Å². The first-order valence-electron chi connectivity index (χ1n) is 6.23. The van der Waals surface area contributed by atoms with Crippen molar-refractivity contribution >= 4 is 22.0 Å². The van der Waals surface area contributed by atoms with Gasteiger partial charge >= 0.3 is 6.09 Å². The maximum Gasteiger partial charge on any atom is 0.410 e. The van der Waals surface area contributed by atoms with Gasteiger partial charge in [0, 0.05) is 24.6 Å². The van der Waals surface area contributed by atoms with Crippen molar-refractivity contribution in [3.8, 4) is 5.75 Å². The first kappa shape index (κ1) is 14.2. The molecule has 0 saturated carbocycles. The summed E-state index contributed by atoms with van der Waals surface area (Å²) in [6.07, 6.45) is -0.293. The molecule has 1 N–H and O–H groups in total. The molecular formula is C14H18BrNO3. The van der Waals surface area contributed by atoms with Crippen LogP contribution in [0.5, 0.6) is 5.75 Å². The lowest BCUT2D eigenvalue weighted by atomic mass is 9.91. The van der Waals surface area contributed by atoms with Crippen molar-refractivity contribution in [1.29, 1.82) is 0 Å². The van der Waals surface area contributed by atoms with Crippen LogP contribution in [0.25, 0.3) is 0 Å². The van der Waals surface area contributed by atoms with Crippen LogP contribution in [-0.4, -0.2) is 34.8 Å². The molecular weight excluding hydrogens is 310 g/mol. The highest BCUT2D eigenvalue weighted by molar-refractivity contribution is 9.10. The molecule has 0 aromatic heterocycles. The van der Waals surface area contributed by atoms with E-state index in [1.807, 2.05) is 32.9 Å². The van der Waals surface area contributed by atoms with Gasteiger partial charge < -0.3 is 14.7 Å². The van der Waals surface area contributed by atoms with E-state index in [0.717, 1.165) is 5.56 Å². The second-order valence-corrected chi connectivity index (χ2v) is 6.61. The minimum atomic E-state index is -0.472. The topological polar surface area (TPSA) is 49.8 Å². The van der Waals surface area contributed by atoms with Crippen molar-refractivity contribution in [2.75, 3.05) is 13.1 Å². The number of phenols is 1. The summed E-state index contributed by atoms with van der Waals surface area (Å²) in [6.45, 7) is 6.71. The van der Waals surface area contributed by atoms with Gasteiger partial charge in [0.25, 0.3) is 0 Å². The summed E-state index contributed by atoms with van der Waals surface area (Å²) in [5, 5.41) is 9.96. The highest BCUT2D eigenvalue weighted by Crippen LogP contribution is 2.37. The minimum Gasteiger partial charge on any atom is -0.506 e. The number of nitrogens with zero attached hydrogens (tertiary/aromatic N) is 1. The van der Waals surface area contributed by atoms with E-state index in [1.165, 1.54) is 0 Å². The van der Waals surface area contributed by atoms with Crippen molar-refractivity contribution < 1.29 is 14.6 Å². The van der Waals surface area contributed by atoms with Crippen LogP contribution in [0.2, 0.25) is 0 Å². The number of ether oxygens (including phenoxy) is 1. The second-order valence-electron chi connectivity index (χ2n) is 5.76. The predicted octanol–water partition coefficient (Wildman–Crippen LogP) is 3.49. The zero-order valence-electron chi connectivity index (χ0n) is 11.3. The average molecular weight is 328 g/mol. The van der Waals surface area contributed by atoms with Gasteiger partial charge in [0.2, 0.25) is 0 Å². The van der Waals surface area contributed by atoms with E-state index in [-0.39, 0.29) is 17.8 Å². The third kappa shape index (κ3) is 3.21. The number of likely N-dealkylation sites (tertiary alicyclic amines) is 1. The molecule has 0 radical (unpaired) electrons. The van der Waals surface area contributed by atoms with Crippen LogP contribution in [0, 0.1) is 0 Å². The van der Waals surface area contributed by atoms with Crippen molar-refractivity contribution in [2.45, 2.75) is 32.3 Å². The molecule has 1 heterocycles. The Bertz CT molecular complexity index is 490. The molecule has 2 rings (SSSR count). The van der Waals surface area contributed by atoms with E-state index < -0.39 is 5.60 Å². The zero-order chi connectivity index (χ0) is 14.2. The number of carbonyl (C=O) groups excluding carboxylic acids is 1. The SMILES string of the molecule is CC(C)(C)OC(=O)N1CC(c2cccc(Br)c2O)C1. The van der Waals surface area contributed by atoms with E-state index in [0.29, 0.717) is 17.6 Å². The minimum absolute atomic E-state index is 0.171. The monoisotopic (exact) mass is 327 g/mol. The smallest absolute Gasteiger partial charge is 0.410 e. The highest BCUT2D eigenvalue weighted by Gasteiger charge is 2.35. The van der Waals surface area contributed by atoms with Crippen LogP contribution < -0.4 is 0 Å². The molecule has 1 amide bonds. The number of aromatic hydroxyl groups is 1. The maximum absolute atomic E-state index is 11.8. The van der Waals surface area contributed by atoms with Crippen LogP contribution in [0.1, 0.15) is 32.3 Å². The Kier molecular flexibility index (Phi) is 3.76. The van der Waals surface area contributed by atoms with Crippen LogP contribution in [0.4, 0.5) is 4.79 Å². The number of para-hydroxylation sites is 1. The van der Waals surface area contributed by atoms with Crippen molar-refractivity contribution in [3.63, 3.8) is 0 Å². The lowest BCUT2D eigenvalue weighted by Crippen LogP contribution is -2.50. The van der Waals surface area contributed by atoms with Crippen molar-refractivity contribution in [1.82, 2.24) is 4.90 Å². The maximum atomic E-state index is 11.8. The summed E-state index contributed by atoms with van der Waals surface area (Å²) in [5.74, 6) is 0.432. The van der Waals surface area contributed by atoms with E-state index in [4.69, 9.17) is 4.74 Å². The summed E-state index contributed by atoms with van der Waals surface area (Å²) >= 11 is 3.30. The van der Waals surface area contributed by atoms with E-state index in [1.54, 1.807) is 11.0 Å². The average Bonchev–Trinajstić information content (AvgIpc) is 2.19. The molecule has 19 heavy (non-hydrogen) atoms. The Morgan fingerprint density at radius 3 is 2.63 bits per heavy atom. The van der Waals surface area contributed by atoms with E-state index >= 15 is 0 Å². The molecule has 5 heteroatoms. The third-order valence-corrected chi connectivity index (χ3v) is 3.63. The number of phenolic OH excluding ortho intramolecular Hbond substituents is 1. The molecule has 0 unspecified atom stereocenters. The summed E-state index contributed by atoms with van der Waals surface area (Å²) in [4.78, 5) is 13.5. The van der Waals surface area contributed by atoms with Gasteiger partial charge in [-0.25, -0.2) is 4.79 Å². The summed E-state index contributed by atoms with van der Waals surface area (Å²) in [6, 6.07) is 5.57. The lowest BCUT2D eigenvalue weighted by molar-refractivity contribution is 0.00799. The molecule has 1 aliphatic rings. The first-order valence-corrected chi connectivity index (χ1v) is 7.02. The Balaban J connectivity index is 1.96. The molecule has 104 valence electrons. The second kappa shape index (κ2) is 5.04. The zero-order valence-corrected chi connectivity index (χ0v) is 12.9. The van der Waals surface area contributed by atoms with Crippen LogP contribution in [0.3, 0.4) is 0 Å². The Morgan fingerprint density at radius 2 is 2.05 bits per heavy atom. The van der Waals surface area contributed by atoms with Gasteiger partial charge in [-0.2, -0.15) is 0 Å². The largest absolute Gasteiger partial charge is 0.506 e. The van der Waals surface area contributed by atoms with Gasteiger partial charge in [-0.1, -0.05) is 12.1 Å². The predicted molar refractivity (Wildman–Crippen MR) is 76.4 cm³/mol. The van der Waals surface area contributed by atoms with Gasteiger partial charge in [0.15, 0.2) is 0 Å². The van der Waals surface area contributed by atoms with Gasteiger partial charge in [-0.3, -0.25) is 0 Å². The number of benzene rings is 1. The quantitative estimate of drug-likeness (QED) is 0.858. The Labute approximate surface area is 121 Å². The number of halogens is 1. The number of rotatable bonds is 1. The van der Waals surface area contributed by atoms with Crippen LogP contribution in [0.15, 0.2) is 22.7 Å². The molecule has 1 fully saturated rings. The number of hydrogen-bond donors (Lipinski definition) is 1. The van der Waals surface area contributed by atoms with Gasteiger partial charge in [-0.05, 0) is 42.8 Å². The van der Waals surface area contributed by atoms with Gasteiger partial charge in [-0.15, -0.1) is 0 Å². The normalized spacial score (nSPS) is 16.1. The molecule has 4 nitrogen and oxygen atoms in total. The molecule has 0 atom stereocenters. The summed E-state index contributed by atoms with van der Waals surface area (Å²) < 4.78 is 5.98. The van der Waals surface area contributed by atoms with Crippen LogP contribution >= 0.6 is 15.9 Å². The van der Waals surface area contributed by atoms with Crippen LogP contribution in [-0.2, 0) is 4.74 Å². The number of carbonyl (C=O) groups is 1. The molecule has 0 bridgehead atoms. The van der Waals surface area contributed by atoms with Crippen molar-refractivity contribution in [2.24, 2.45) is 0 Å². The molecule has 1 aromatic rings. The standard InChI is InChI=1S/C14H18BrNO3/c1-14(2,3)19-13(18)16-7-9(8-16)10-5-4-6-11(15)12(10)17/h4-6,9,17H,7-8H2,1-3H3. The summed E-state index contributed by atoms with van der Waals surface area (Å²) in [7, 11) is 0. The fraction of sp³-hybridized carbons (Fsp3) is 0.500. The first-order chi connectivity index (χ1) is 8.78. The molecule has 1 aromatic carbocycles. The lowest BCUT2D eigenvalue weighted by Gasteiger charge is -2.40. The Hall–Kier alpha value is -1.23. The fourth-order valence-electron chi connectivity index (χ4n) is 2.01. The fourth-order valence-corrected chi connectivity index (χ4v) is 2.39. The number of hydrogen-bond acceptors (Lipinski definition) is 3. The Morgan fingerprint density at radius 1 is 1.42 bits per heavy atom. The van der Waals surface area contributed by atoms with E-state index in [2.05, 4.69) is 15.9 Å². The molecule has 1 aliphatic heterocycles.